The second-order valence-electron chi connectivity index (χ2n) is 18.4. The molecule has 69 heavy (non-hydrogen) atoms. The molecule has 0 spiro atoms. The van der Waals surface area contributed by atoms with E-state index in [1.807, 2.05) is 78.0 Å². The molecular weight excluding hydrogens is 867 g/mol. The van der Waals surface area contributed by atoms with Crippen LogP contribution in [0.1, 0.15) is 169 Å². The Hall–Kier alpha value is -5.71. The Morgan fingerprint density at radius 3 is 1.14 bits per heavy atom. The molecule has 0 aliphatic rings. The molecule has 0 saturated heterocycles. The monoisotopic (exact) mass is 948 g/mol. The number of aliphatic carboxylic acids is 2. The molecule has 0 atom stereocenters. The normalized spacial score (nSPS) is 12.2. The van der Waals surface area contributed by atoms with Gasteiger partial charge in [0.15, 0.2) is 13.2 Å². The van der Waals surface area contributed by atoms with E-state index in [0.717, 1.165) is 47.9 Å². The molecule has 0 bridgehead atoms. The van der Waals surface area contributed by atoms with Gasteiger partial charge in [0.2, 0.25) is 0 Å². The third-order valence-corrected chi connectivity index (χ3v) is 14.5. The summed E-state index contributed by atoms with van der Waals surface area (Å²) < 4.78 is 11.1. The first-order chi connectivity index (χ1) is 32.7. The minimum atomic E-state index is -0.981. The number of aryl methyl sites for hydroxylation is 4. The van der Waals surface area contributed by atoms with Crippen molar-refractivity contribution in [2.24, 2.45) is 0 Å². The predicted molar refractivity (Wildman–Crippen MR) is 280 cm³/mol. The standard InChI is InChI=1S/C31H43NO5.C28H38O4/c1-7-30(36,8-2)17-15-24-11-12-25(19-22(24)5)31(9-3,10-4)26-13-14-27(23(6)20-26)37-21-28(33)32-18-16-29(34)35;1-7-27(31,8-2)16-15-22-11-12-23(17-20(22)5)28(9-3,10-4)24-13-14-25(21(6)18-24)32-19-26(29)30/h11-15,17,19-20,36H,7-10,16,18,21H2,1-6H3,(H,32,33)(H,34,35);11-18,31H,7-10,19H2,1-6H3,(H,29,30)/b17-15+;16-15+. The molecule has 0 radical (unpaired) electrons. The maximum absolute atomic E-state index is 12.0. The average Bonchev–Trinajstić information content (AvgIpc) is 3.33. The lowest BCUT2D eigenvalue weighted by molar-refractivity contribution is -0.139. The molecular formula is C59H81NO9. The number of hydrogen-bond donors (Lipinski definition) is 5. The van der Waals surface area contributed by atoms with Gasteiger partial charge in [-0.2, -0.15) is 0 Å². The van der Waals surface area contributed by atoms with Gasteiger partial charge in [-0.3, -0.25) is 9.59 Å². The van der Waals surface area contributed by atoms with Crippen LogP contribution in [0.3, 0.4) is 0 Å². The molecule has 376 valence electrons. The van der Waals surface area contributed by atoms with Gasteiger partial charge in [-0.25, -0.2) is 4.79 Å². The topological polar surface area (TPSA) is 163 Å². The van der Waals surface area contributed by atoms with E-state index < -0.39 is 23.1 Å². The SMILES string of the molecule is CCC(O)(/C=C/c1ccc(C(CC)(CC)c2ccc(OCC(=O)NCCC(=O)O)c(C)c2)cc1C)CC.CCC(O)(/C=C/c1ccc(C(CC)(CC)c2ccc(OCC(=O)O)c(C)c2)cc1C)CC. The molecule has 1 amide bonds. The summed E-state index contributed by atoms with van der Waals surface area (Å²) in [6.45, 7) is 24.6. The molecule has 10 nitrogen and oxygen atoms in total. The Bertz CT molecular complexity index is 2380. The van der Waals surface area contributed by atoms with Crippen LogP contribution in [0.15, 0.2) is 84.9 Å². The molecule has 0 saturated carbocycles. The fourth-order valence-electron chi connectivity index (χ4n) is 9.11. The fraction of sp³-hybridized carbons (Fsp3) is 0.475. The predicted octanol–water partition coefficient (Wildman–Crippen LogP) is 12.4. The first-order valence-electron chi connectivity index (χ1n) is 24.9. The van der Waals surface area contributed by atoms with Gasteiger partial charge in [-0.05, 0) is 147 Å². The number of aliphatic hydroxyl groups is 2. The maximum Gasteiger partial charge on any atom is 0.341 e. The Balaban J connectivity index is 0.000000369. The smallest absolute Gasteiger partial charge is 0.341 e. The highest BCUT2D eigenvalue weighted by molar-refractivity contribution is 5.78. The number of nitrogens with one attached hydrogen (secondary N) is 1. The number of carbonyl (C=O) groups excluding carboxylic acids is 1. The van der Waals surface area contributed by atoms with Crippen molar-refractivity contribution in [2.45, 2.75) is 163 Å². The van der Waals surface area contributed by atoms with E-state index in [0.29, 0.717) is 37.2 Å². The summed E-state index contributed by atoms with van der Waals surface area (Å²) in [6, 6.07) is 25.4. The van der Waals surface area contributed by atoms with E-state index in [9.17, 15) is 24.6 Å². The number of carboxylic acid groups (broad SMARTS) is 2. The van der Waals surface area contributed by atoms with Crippen LogP contribution in [0.4, 0.5) is 0 Å². The minimum absolute atomic E-state index is 0.0804. The molecule has 4 rings (SSSR count). The molecule has 0 unspecified atom stereocenters. The van der Waals surface area contributed by atoms with Crippen LogP contribution < -0.4 is 14.8 Å². The van der Waals surface area contributed by atoms with Crippen LogP contribution in [0.5, 0.6) is 11.5 Å². The zero-order valence-corrected chi connectivity index (χ0v) is 43.6. The summed E-state index contributed by atoms with van der Waals surface area (Å²) in [5, 5.41) is 41.3. The van der Waals surface area contributed by atoms with Crippen molar-refractivity contribution < 1.29 is 44.3 Å². The summed E-state index contributed by atoms with van der Waals surface area (Å²) >= 11 is 0. The van der Waals surface area contributed by atoms with Crippen molar-refractivity contribution in [3.05, 3.63) is 141 Å². The summed E-state index contributed by atoms with van der Waals surface area (Å²) in [5.74, 6) is -1.04. The lowest BCUT2D eigenvalue weighted by Gasteiger charge is -2.34. The van der Waals surface area contributed by atoms with Crippen LogP contribution in [-0.2, 0) is 25.2 Å². The average molecular weight is 948 g/mol. The highest BCUT2D eigenvalue weighted by Crippen LogP contribution is 2.43. The largest absolute Gasteiger partial charge is 0.484 e. The van der Waals surface area contributed by atoms with Gasteiger partial charge in [0.25, 0.3) is 5.91 Å². The van der Waals surface area contributed by atoms with E-state index in [1.165, 1.54) is 33.4 Å². The Kier molecular flexibility index (Phi) is 22.0. The van der Waals surface area contributed by atoms with Crippen LogP contribution in [0.2, 0.25) is 0 Å². The third kappa shape index (κ3) is 15.1. The lowest BCUT2D eigenvalue weighted by Crippen LogP contribution is -2.30. The molecule has 5 N–H and O–H groups in total. The molecule has 0 aliphatic carbocycles. The Morgan fingerprint density at radius 1 is 0.493 bits per heavy atom. The van der Waals surface area contributed by atoms with E-state index in [2.05, 4.69) is 108 Å². The van der Waals surface area contributed by atoms with Crippen molar-refractivity contribution in [1.82, 2.24) is 5.32 Å². The van der Waals surface area contributed by atoms with E-state index in [-0.39, 0.29) is 42.9 Å². The van der Waals surface area contributed by atoms with Crippen LogP contribution in [0, 0.1) is 27.7 Å². The summed E-state index contributed by atoms with van der Waals surface area (Å²) in [4.78, 5) is 33.4. The number of ether oxygens (including phenoxy) is 2. The lowest BCUT2D eigenvalue weighted by atomic mass is 9.70. The zero-order chi connectivity index (χ0) is 51.6. The highest BCUT2D eigenvalue weighted by atomic mass is 16.5. The molecule has 10 heteroatoms. The van der Waals surface area contributed by atoms with Crippen molar-refractivity contribution >= 4 is 30.0 Å². The Labute approximate surface area is 412 Å². The molecule has 0 aromatic heterocycles. The van der Waals surface area contributed by atoms with Crippen LogP contribution in [0.25, 0.3) is 12.2 Å². The van der Waals surface area contributed by atoms with Gasteiger partial charge < -0.3 is 35.2 Å². The summed E-state index contributed by atoms with van der Waals surface area (Å²) in [5.41, 5.74) is 9.51. The highest BCUT2D eigenvalue weighted by Gasteiger charge is 2.33. The van der Waals surface area contributed by atoms with Crippen molar-refractivity contribution in [3.63, 3.8) is 0 Å². The molecule has 0 heterocycles. The number of carbonyl (C=O) groups is 3. The van der Waals surface area contributed by atoms with Crippen LogP contribution >= 0.6 is 0 Å². The van der Waals surface area contributed by atoms with Gasteiger partial charge in [0.1, 0.15) is 11.5 Å². The second kappa shape index (κ2) is 26.3. The third-order valence-electron chi connectivity index (χ3n) is 14.5. The van der Waals surface area contributed by atoms with Gasteiger partial charge in [0.05, 0.1) is 17.6 Å². The first-order valence-corrected chi connectivity index (χ1v) is 24.9. The van der Waals surface area contributed by atoms with E-state index in [1.54, 1.807) is 0 Å². The number of rotatable bonds is 25. The maximum atomic E-state index is 12.0. The fourth-order valence-corrected chi connectivity index (χ4v) is 9.11. The van der Waals surface area contributed by atoms with Gasteiger partial charge in [-0.1, -0.05) is 140 Å². The number of hydrogen-bond acceptors (Lipinski definition) is 7. The summed E-state index contributed by atoms with van der Waals surface area (Å²) in [6.07, 6.45) is 14.3. The molecule has 4 aromatic carbocycles. The van der Waals surface area contributed by atoms with E-state index in [4.69, 9.17) is 19.7 Å². The Morgan fingerprint density at radius 2 is 0.841 bits per heavy atom. The van der Waals surface area contributed by atoms with Gasteiger partial charge in [0, 0.05) is 17.4 Å². The first kappa shape index (κ1) is 57.6. The van der Waals surface area contributed by atoms with Gasteiger partial charge >= 0.3 is 11.9 Å². The van der Waals surface area contributed by atoms with Gasteiger partial charge in [-0.15, -0.1) is 0 Å². The van der Waals surface area contributed by atoms with Crippen molar-refractivity contribution in [2.75, 3.05) is 19.8 Å². The van der Waals surface area contributed by atoms with Crippen molar-refractivity contribution in [3.8, 4) is 11.5 Å². The summed E-state index contributed by atoms with van der Waals surface area (Å²) in [7, 11) is 0. The van der Waals surface area contributed by atoms with Crippen LogP contribution in [-0.4, -0.2) is 69.2 Å². The van der Waals surface area contributed by atoms with Crippen molar-refractivity contribution in [1.29, 1.82) is 0 Å². The molecule has 0 fully saturated rings. The molecule has 4 aromatic rings. The quantitative estimate of drug-likeness (QED) is 0.0435. The number of carboxylic acids is 2. The second-order valence-corrected chi connectivity index (χ2v) is 18.4. The number of benzene rings is 4. The number of amides is 1. The zero-order valence-electron chi connectivity index (χ0n) is 43.6. The molecule has 0 aliphatic heterocycles. The minimum Gasteiger partial charge on any atom is -0.484 e. The van der Waals surface area contributed by atoms with E-state index >= 15 is 0 Å².